The molecule has 0 radical (unpaired) electrons. The maximum absolute atomic E-state index is 13.9. The molecule has 0 atom stereocenters. The molecule has 0 aromatic heterocycles. The lowest BCUT2D eigenvalue weighted by molar-refractivity contribution is 0.0691. The van der Waals surface area contributed by atoms with Gasteiger partial charge in [0.05, 0.1) is 12.2 Å². The van der Waals surface area contributed by atoms with Gasteiger partial charge in [-0.2, -0.15) is 4.99 Å². The molecule has 0 aliphatic heterocycles. The maximum Gasteiger partial charge on any atom is 0.338 e. The van der Waals surface area contributed by atoms with Crippen LogP contribution in [0.25, 0.3) is 11.1 Å². The van der Waals surface area contributed by atoms with Crippen molar-refractivity contribution >= 4 is 17.7 Å². The van der Waals surface area contributed by atoms with Crippen molar-refractivity contribution in [1.29, 1.82) is 0 Å². The van der Waals surface area contributed by atoms with E-state index in [2.05, 4.69) is 18.0 Å². The van der Waals surface area contributed by atoms with Gasteiger partial charge in [-0.25, -0.2) is 9.18 Å². The van der Waals surface area contributed by atoms with Crippen molar-refractivity contribution in [3.8, 4) is 11.1 Å². The number of nitrogens with zero attached hydrogens (tertiary/aromatic N) is 1. The number of methoxy groups -OCH3 is 1. The van der Waals surface area contributed by atoms with Crippen molar-refractivity contribution in [3.05, 3.63) is 94.3 Å². The van der Waals surface area contributed by atoms with Crippen LogP contribution in [0.3, 0.4) is 0 Å². The highest BCUT2D eigenvalue weighted by molar-refractivity contribution is 6.09. The highest BCUT2D eigenvalue weighted by Gasteiger charge is 2.15. The average Bonchev–Trinajstić information content (AvgIpc) is 2.78. The fraction of sp³-hybridized carbons (Fsp3) is 0.160. The highest BCUT2D eigenvalue weighted by Crippen LogP contribution is 2.29. The van der Waals surface area contributed by atoms with Gasteiger partial charge in [-0.3, -0.25) is 4.79 Å². The van der Waals surface area contributed by atoms with E-state index in [0.717, 1.165) is 35.2 Å². The molecule has 7 heteroatoms. The summed E-state index contributed by atoms with van der Waals surface area (Å²) in [4.78, 5) is 27.5. The molecule has 0 aliphatic carbocycles. The molecule has 6 nitrogen and oxygen atoms in total. The van der Waals surface area contributed by atoms with Crippen molar-refractivity contribution in [3.63, 3.8) is 0 Å². The molecule has 3 aromatic carbocycles. The number of carbonyl (C=O) groups is 2. The zero-order valence-electron chi connectivity index (χ0n) is 17.8. The summed E-state index contributed by atoms with van der Waals surface area (Å²) in [5.41, 5.74) is 9.84. The Hall–Kier alpha value is -3.84. The standard InChI is InChI=1S/C25H23FN2O4/c1-3-15-6-4-5-7-19(15)20-10-9-17(12-18(20)14-32-2)24(29)28-23(27)16-8-11-21(25(30)31)22(26)13-16/h4-13H,3,14H2,1-2H3,(H,30,31)(H2,27,28,29). The first-order chi connectivity index (χ1) is 15.3. The summed E-state index contributed by atoms with van der Waals surface area (Å²) in [5.74, 6) is -3.16. The number of hydrogen-bond donors (Lipinski definition) is 2. The van der Waals surface area contributed by atoms with Crippen LogP contribution in [-0.2, 0) is 17.8 Å². The Morgan fingerprint density at radius 3 is 2.34 bits per heavy atom. The number of hydrogen-bond acceptors (Lipinski definition) is 3. The number of carboxylic acid groups (broad SMARTS) is 1. The number of ether oxygens (including phenoxy) is 1. The number of aryl methyl sites for hydroxylation is 1. The van der Waals surface area contributed by atoms with E-state index in [1.165, 1.54) is 11.6 Å². The van der Waals surface area contributed by atoms with E-state index >= 15 is 0 Å². The fourth-order valence-electron chi connectivity index (χ4n) is 3.44. The Kier molecular flexibility index (Phi) is 7.12. The van der Waals surface area contributed by atoms with Gasteiger partial charge in [0.15, 0.2) is 0 Å². The Labute approximate surface area is 185 Å². The molecule has 0 aliphatic rings. The van der Waals surface area contributed by atoms with Crippen molar-refractivity contribution in [2.75, 3.05) is 7.11 Å². The van der Waals surface area contributed by atoms with E-state index in [4.69, 9.17) is 15.6 Å². The zero-order chi connectivity index (χ0) is 23.3. The minimum Gasteiger partial charge on any atom is -0.478 e. The van der Waals surface area contributed by atoms with E-state index in [1.54, 1.807) is 19.2 Å². The average molecular weight is 434 g/mol. The Balaban J connectivity index is 1.95. The number of aromatic carboxylic acids is 1. The normalized spacial score (nSPS) is 11.4. The summed E-state index contributed by atoms with van der Waals surface area (Å²) in [6, 6.07) is 16.6. The van der Waals surface area contributed by atoms with Crippen LogP contribution in [0.15, 0.2) is 65.7 Å². The van der Waals surface area contributed by atoms with Crippen LogP contribution >= 0.6 is 0 Å². The number of carboxylic acids is 1. The summed E-state index contributed by atoms with van der Waals surface area (Å²) >= 11 is 0. The number of rotatable bonds is 7. The Morgan fingerprint density at radius 2 is 1.69 bits per heavy atom. The van der Waals surface area contributed by atoms with Gasteiger partial charge in [0.25, 0.3) is 5.91 Å². The number of amides is 1. The summed E-state index contributed by atoms with van der Waals surface area (Å²) in [6.45, 7) is 2.38. The molecule has 3 aromatic rings. The number of amidine groups is 1. The predicted octanol–water partition coefficient (Wildman–Crippen LogP) is 4.45. The first-order valence-electron chi connectivity index (χ1n) is 9.97. The van der Waals surface area contributed by atoms with Gasteiger partial charge in [0.1, 0.15) is 11.7 Å². The molecule has 0 saturated heterocycles. The SMILES string of the molecule is CCc1ccccc1-c1ccc(C(=O)N=C(N)c2ccc(C(=O)O)c(F)c2)cc1COC. The minimum atomic E-state index is -1.39. The number of aliphatic imine (C=N–C) groups is 1. The van der Waals surface area contributed by atoms with Crippen LogP contribution in [0.4, 0.5) is 4.39 Å². The van der Waals surface area contributed by atoms with Gasteiger partial charge in [-0.15, -0.1) is 0 Å². The number of benzene rings is 3. The lowest BCUT2D eigenvalue weighted by Gasteiger charge is -2.14. The molecule has 1 amide bonds. The van der Waals surface area contributed by atoms with Crippen LogP contribution in [0.5, 0.6) is 0 Å². The highest BCUT2D eigenvalue weighted by atomic mass is 19.1. The predicted molar refractivity (Wildman–Crippen MR) is 120 cm³/mol. The molecule has 3 N–H and O–H groups in total. The van der Waals surface area contributed by atoms with Crippen LogP contribution in [0.2, 0.25) is 0 Å². The quantitative estimate of drug-likeness (QED) is 0.423. The van der Waals surface area contributed by atoms with Gasteiger partial charge in [-0.05, 0) is 52.9 Å². The van der Waals surface area contributed by atoms with Crippen LogP contribution in [0, 0.1) is 5.82 Å². The molecule has 0 saturated carbocycles. The molecule has 0 heterocycles. The topological polar surface area (TPSA) is 102 Å². The minimum absolute atomic E-state index is 0.117. The smallest absolute Gasteiger partial charge is 0.338 e. The van der Waals surface area contributed by atoms with Gasteiger partial charge in [0, 0.05) is 18.2 Å². The van der Waals surface area contributed by atoms with Crippen molar-refractivity contribution in [1.82, 2.24) is 0 Å². The third-order valence-corrected chi connectivity index (χ3v) is 5.06. The molecule has 164 valence electrons. The third-order valence-electron chi connectivity index (χ3n) is 5.06. The largest absolute Gasteiger partial charge is 0.478 e. The summed E-state index contributed by atoms with van der Waals surface area (Å²) in [5, 5.41) is 8.93. The van der Waals surface area contributed by atoms with Crippen LogP contribution < -0.4 is 5.73 Å². The van der Waals surface area contributed by atoms with Crippen molar-refractivity contribution in [2.45, 2.75) is 20.0 Å². The first kappa shape index (κ1) is 22.8. The number of halogens is 1. The lowest BCUT2D eigenvalue weighted by atomic mass is 9.93. The first-order valence-corrected chi connectivity index (χ1v) is 9.97. The second-order valence-corrected chi connectivity index (χ2v) is 7.12. The lowest BCUT2D eigenvalue weighted by Crippen LogP contribution is -2.17. The van der Waals surface area contributed by atoms with Gasteiger partial charge < -0.3 is 15.6 Å². The van der Waals surface area contributed by atoms with E-state index in [-0.39, 0.29) is 11.4 Å². The second kappa shape index (κ2) is 9.98. The van der Waals surface area contributed by atoms with E-state index in [9.17, 15) is 14.0 Å². The molecule has 0 fully saturated rings. The van der Waals surface area contributed by atoms with E-state index < -0.39 is 23.3 Å². The second-order valence-electron chi connectivity index (χ2n) is 7.12. The zero-order valence-corrected chi connectivity index (χ0v) is 17.8. The van der Waals surface area contributed by atoms with Crippen LogP contribution in [0.1, 0.15) is 44.3 Å². The summed E-state index contributed by atoms with van der Waals surface area (Å²) < 4.78 is 19.3. The summed E-state index contributed by atoms with van der Waals surface area (Å²) in [6.07, 6.45) is 0.862. The molecule has 3 rings (SSSR count). The molecular weight excluding hydrogens is 411 g/mol. The fourth-order valence-corrected chi connectivity index (χ4v) is 3.44. The van der Waals surface area contributed by atoms with Gasteiger partial charge in [0.2, 0.25) is 0 Å². The molecule has 0 unspecified atom stereocenters. The molecule has 32 heavy (non-hydrogen) atoms. The molecule has 0 spiro atoms. The van der Waals surface area contributed by atoms with E-state index in [0.29, 0.717) is 12.2 Å². The van der Waals surface area contributed by atoms with Crippen molar-refractivity contribution in [2.24, 2.45) is 10.7 Å². The van der Waals surface area contributed by atoms with Gasteiger partial charge >= 0.3 is 5.97 Å². The third kappa shape index (κ3) is 4.90. The van der Waals surface area contributed by atoms with Crippen molar-refractivity contribution < 1.29 is 23.8 Å². The van der Waals surface area contributed by atoms with Gasteiger partial charge in [-0.1, -0.05) is 43.3 Å². The number of nitrogens with two attached hydrogens (primary N) is 1. The van der Waals surface area contributed by atoms with Crippen LogP contribution in [-0.4, -0.2) is 29.9 Å². The summed E-state index contributed by atoms with van der Waals surface area (Å²) in [7, 11) is 1.58. The monoisotopic (exact) mass is 434 g/mol. The molecule has 0 bridgehead atoms. The number of carbonyl (C=O) groups excluding carboxylic acids is 1. The molecular formula is C25H23FN2O4. The maximum atomic E-state index is 13.9. The van der Waals surface area contributed by atoms with E-state index in [1.807, 2.05) is 24.3 Å². The Morgan fingerprint density at radius 1 is 1.00 bits per heavy atom. The Bertz CT molecular complexity index is 1200.